The summed E-state index contributed by atoms with van der Waals surface area (Å²) < 4.78 is 0. The van der Waals surface area contributed by atoms with Crippen molar-refractivity contribution in [2.75, 3.05) is 5.32 Å². The first-order chi connectivity index (χ1) is 12.6. The van der Waals surface area contributed by atoms with Crippen LogP contribution < -0.4 is 5.32 Å². The molecule has 4 heteroatoms. The molecule has 1 amide bonds. The topological polar surface area (TPSA) is 29.1 Å². The van der Waals surface area contributed by atoms with Crippen LogP contribution in [0.1, 0.15) is 15.2 Å². The first-order valence-corrected chi connectivity index (χ1v) is 9.47. The Morgan fingerprint density at radius 2 is 1.73 bits per heavy atom. The van der Waals surface area contributed by atoms with Crippen LogP contribution >= 0.6 is 22.9 Å². The highest BCUT2D eigenvalue weighted by molar-refractivity contribution is 7.17. The molecule has 0 aliphatic carbocycles. The largest absolute Gasteiger partial charge is 0.321 e. The van der Waals surface area contributed by atoms with Gasteiger partial charge in [-0.2, -0.15) is 0 Å². The van der Waals surface area contributed by atoms with E-state index in [-0.39, 0.29) is 5.91 Å². The minimum Gasteiger partial charge on any atom is -0.321 e. The van der Waals surface area contributed by atoms with Crippen molar-refractivity contribution < 1.29 is 4.79 Å². The zero-order valence-electron chi connectivity index (χ0n) is 14.1. The van der Waals surface area contributed by atoms with Crippen molar-refractivity contribution in [2.45, 2.75) is 6.92 Å². The van der Waals surface area contributed by atoms with Gasteiger partial charge in [-0.3, -0.25) is 4.79 Å². The van der Waals surface area contributed by atoms with E-state index in [1.165, 1.54) is 22.1 Å². The maximum Gasteiger partial charge on any atom is 0.265 e. The summed E-state index contributed by atoms with van der Waals surface area (Å²) >= 11 is 7.61. The quantitative estimate of drug-likeness (QED) is 0.418. The van der Waals surface area contributed by atoms with Gasteiger partial charge in [0.15, 0.2) is 0 Å². The van der Waals surface area contributed by atoms with E-state index in [0.29, 0.717) is 9.90 Å². The monoisotopic (exact) mass is 377 g/mol. The highest BCUT2D eigenvalue weighted by Gasteiger charge is 2.12. The zero-order valence-corrected chi connectivity index (χ0v) is 15.7. The molecule has 1 N–H and O–H groups in total. The molecule has 0 spiro atoms. The van der Waals surface area contributed by atoms with Crippen LogP contribution in [0.3, 0.4) is 0 Å². The molecule has 0 aliphatic heterocycles. The summed E-state index contributed by atoms with van der Waals surface area (Å²) in [6.07, 6.45) is 0. The number of anilines is 1. The standard InChI is InChI=1S/C22H16ClNOS/c1-14-18(23)7-4-8-19(14)24-22(25)21-12-11-20(26-21)17-10-9-15-5-2-3-6-16(15)13-17/h2-13H,1H3,(H,24,25). The Bertz CT molecular complexity index is 1120. The van der Waals surface area contributed by atoms with E-state index in [9.17, 15) is 4.79 Å². The lowest BCUT2D eigenvalue weighted by molar-refractivity contribution is 0.103. The zero-order chi connectivity index (χ0) is 18.1. The number of carbonyl (C=O) groups is 1. The van der Waals surface area contributed by atoms with Gasteiger partial charge in [0.05, 0.1) is 4.88 Å². The summed E-state index contributed by atoms with van der Waals surface area (Å²) in [7, 11) is 0. The average molecular weight is 378 g/mol. The molecule has 0 bridgehead atoms. The van der Waals surface area contributed by atoms with Crippen LogP contribution in [0.25, 0.3) is 21.2 Å². The Balaban J connectivity index is 1.60. The van der Waals surface area contributed by atoms with Crippen LogP contribution in [0.15, 0.2) is 72.8 Å². The molecule has 2 nitrogen and oxygen atoms in total. The van der Waals surface area contributed by atoms with E-state index in [1.807, 2.05) is 49.4 Å². The third-order valence-corrected chi connectivity index (χ3v) is 5.92. The molecule has 3 aromatic carbocycles. The minimum absolute atomic E-state index is 0.118. The molecule has 0 saturated heterocycles. The maximum absolute atomic E-state index is 12.6. The molecule has 0 saturated carbocycles. The van der Waals surface area contributed by atoms with Gasteiger partial charge >= 0.3 is 0 Å². The molecule has 0 atom stereocenters. The predicted octanol–water partition coefficient (Wildman–Crippen LogP) is 6.78. The lowest BCUT2D eigenvalue weighted by Crippen LogP contribution is -2.11. The van der Waals surface area contributed by atoms with Crippen LogP contribution in [-0.4, -0.2) is 5.91 Å². The van der Waals surface area contributed by atoms with Gasteiger partial charge in [-0.05, 0) is 59.2 Å². The second-order valence-corrected chi connectivity index (χ2v) is 7.58. The lowest BCUT2D eigenvalue weighted by Gasteiger charge is -2.08. The van der Waals surface area contributed by atoms with Crippen LogP contribution in [0.4, 0.5) is 5.69 Å². The van der Waals surface area contributed by atoms with Crippen molar-refractivity contribution in [2.24, 2.45) is 0 Å². The Morgan fingerprint density at radius 3 is 2.58 bits per heavy atom. The van der Waals surface area contributed by atoms with Crippen molar-refractivity contribution in [3.8, 4) is 10.4 Å². The van der Waals surface area contributed by atoms with Gasteiger partial charge in [0.1, 0.15) is 0 Å². The molecular formula is C22H16ClNOS. The van der Waals surface area contributed by atoms with E-state index in [1.54, 1.807) is 0 Å². The Kier molecular flexibility index (Phi) is 4.49. The van der Waals surface area contributed by atoms with E-state index in [4.69, 9.17) is 11.6 Å². The molecule has 0 aliphatic rings. The van der Waals surface area contributed by atoms with E-state index in [0.717, 1.165) is 21.7 Å². The van der Waals surface area contributed by atoms with E-state index < -0.39 is 0 Å². The number of amides is 1. The molecule has 0 radical (unpaired) electrons. The summed E-state index contributed by atoms with van der Waals surface area (Å²) in [5.41, 5.74) is 2.73. The number of rotatable bonds is 3. The molecular weight excluding hydrogens is 362 g/mol. The molecule has 1 heterocycles. The number of nitrogens with one attached hydrogen (secondary N) is 1. The van der Waals surface area contributed by atoms with Gasteiger partial charge in [-0.15, -0.1) is 11.3 Å². The van der Waals surface area contributed by atoms with Crippen LogP contribution in [0, 0.1) is 6.92 Å². The first kappa shape index (κ1) is 16.8. The molecule has 128 valence electrons. The first-order valence-electron chi connectivity index (χ1n) is 8.27. The van der Waals surface area contributed by atoms with Crippen LogP contribution in [0.5, 0.6) is 0 Å². The molecule has 4 rings (SSSR count). The average Bonchev–Trinajstić information content (AvgIpc) is 3.15. The van der Waals surface area contributed by atoms with Crippen molar-refractivity contribution in [1.29, 1.82) is 0 Å². The number of halogens is 1. The van der Waals surface area contributed by atoms with Crippen molar-refractivity contribution in [1.82, 2.24) is 0 Å². The van der Waals surface area contributed by atoms with E-state index in [2.05, 4.69) is 35.6 Å². The van der Waals surface area contributed by atoms with Crippen molar-refractivity contribution in [3.63, 3.8) is 0 Å². The van der Waals surface area contributed by atoms with E-state index >= 15 is 0 Å². The van der Waals surface area contributed by atoms with Crippen molar-refractivity contribution >= 4 is 45.3 Å². The SMILES string of the molecule is Cc1c(Cl)cccc1NC(=O)c1ccc(-c2ccc3ccccc3c2)s1. The number of hydrogen-bond donors (Lipinski definition) is 1. The normalized spacial score (nSPS) is 10.8. The summed E-state index contributed by atoms with van der Waals surface area (Å²) in [5.74, 6) is -0.118. The summed E-state index contributed by atoms with van der Waals surface area (Å²) in [5, 5.41) is 6.00. The van der Waals surface area contributed by atoms with Gasteiger partial charge in [-0.25, -0.2) is 0 Å². The van der Waals surface area contributed by atoms with Crippen LogP contribution in [-0.2, 0) is 0 Å². The number of benzene rings is 3. The fourth-order valence-corrected chi connectivity index (χ4v) is 3.96. The van der Waals surface area contributed by atoms with Crippen LogP contribution in [0.2, 0.25) is 5.02 Å². The fourth-order valence-electron chi connectivity index (χ4n) is 2.88. The minimum atomic E-state index is -0.118. The van der Waals surface area contributed by atoms with Crippen molar-refractivity contribution in [3.05, 3.63) is 88.3 Å². The third-order valence-electron chi connectivity index (χ3n) is 4.38. The Hall–Kier alpha value is -2.62. The maximum atomic E-state index is 12.6. The number of thiophene rings is 1. The van der Waals surface area contributed by atoms with Gasteiger partial charge < -0.3 is 5.32 Å². The molecule has 0 fully saturated rings. The fraction of sp³-hybridized carbons (Fsp3) is 0.0455. The molecule has 1 aromatic heterocycles. The van der Waals surface area contributed by atoms with Gasteiger partial charge in [0, 0.05) is 15.6 Å². The highest BCUT2D eigenvalue weighted by atomic mass is 35.5. The van der Waals surface area contributed by atoms with Gasteiger partial charge in [0.25, 0.3) is 5.91 Å². The number of carbonyl (C=O) groups excluding carboxylic acids is 1. The molecule has 4 aromatic rings. The molecule has 26 heavy (non-hydrogen) atoms. The third kappa shape index (κ3) is 3.24. The predicted molar refractivity (Wildman–Crippen MR) is 111 cm³/mol. The Labute approximate surface area is 161 Å². The summed E-state index contributed by atoms with van der Waals surface area (Å²) in [6, 6.07) is 24.0. The highest BCUT2D eigenvalue weighted by Crippen LogP contribution is 2.31. The second-order valence-electron chi connectivity index (χ2n) is 6.09. The summed E-state index contributed by atoms with van der Waals surface area (Å²) in [6.45, 7) is 1.90. The summed E-state index contributed by atoms with van der Waals surface area (Å²) in [4.78, 5) is 14.3. The van der Waals surface area contributed by atoms with Gasteiger partial charge in [0.2, 0.25) is 0 Å². The Morgan fingerprint density at radius 1 is 0.923 bits per heavy atom. The number of fused-ring (bicyclic) bond motifs is 1. The molecule has 0 unspecified atom stereocenters. The van der Waals surface area contributed by atoms with Gasteiger partial charge in [-0.1, -0.05) is 54.1 Å². The smallest absolute Gasteiger partial charge is 0.265 e. The number of hydrogen-bond acceptors (Lipinski definition) is 2. The lowest BCUT2D eigenvalue weighted by atomic mass is 10.1. The second kappa shape index (κ2) is 6.94.